The fourth-order valence-electron chi connectivity index (χ4n) is 2.66. The number of rotatable bonds is 3. The van der Waals surface area contributed by atoms with E-state index in [1.54, 1.807) is 12.1 Å². The summed E-state index contributed by atoms with van der Waals surface area (Å²) in [6, 6.07) is 8.59. The van der Waals surface area contributed by atoms with Gasteiger partial charge in [-0.1, -0.05) is 17.7 Å². The van der Waals surface area contributed by atoms with E-state index in [0.717, 1.165) is 6.07 Å². The van der Waals surface area contributed by atoms with E-state index in [1.165, 1.54) is 24.4 Å². The summed E-state index contributed by atoms with van der Waals surface area (Å²) in [5, 5.41) is 9.96. The Morgan fingerprint density at radius 2 is 1.88 bits per heavy atom. The third-order valence-corrected chi connectivity index (χ3v) is 4.33. The van der Waals surface area contributed by atoms with E-state index < -0.39 is 11.7 Å². The van der Waals surface area contributed by atoms with Crippen LogP contribution in [0.15, 0.2) is 41.4 Å². The molecular weight excluding hydrogens is 369 g/mol. The summed E-state index contributed by atoms with van der Waals surface area (Å²) in [6.07, 6.45) is -3.38. The van der Waals surface area contributed by atoms with Gasteiger partial charge in [0, 0.05) is 30.6 Å². The third-order valence-electron chi connectivity index (χ3n) is 4.02. The summed E-state index contributed by atoms with van der Waals surface area (Å²) in [5.41, 5.74) is -0.346. The van der Waals surface area contributed by atoms with Crippen LogP contribution in [0.5, 0.6) is 5.75 Å². The first-order valence-electron chi connectivity index (χ1n) is 7.92. The summed E-state index contributed by atoms with van der Waals surface area (Å²) in [6.45, 7) is 2.04. The van der Waals surface area contributed by atoms with E-state index in [1.807, 2.05) is 4.90 Å². The van der Waals surface area contributed by atoms with E-state index in [2.05, 4.69) is 4.99 Å². The smallest absolute Gasteiger partial charge is 0.418 e. The van der Waals surface area contributed by atoms with E-state index in [9.17, 15) is 18.3 Å². The number of aliphatic imine (C=N–C) groups is 1. The minimum absolute atomic E-state index is 0.104. The van der Waals surface area contributed by atoms with Crippen molar-refractivity contribution in [3.05, 3.63) is 52.5 Å². The zero-order chi connectivity index (χ0) is 18.7. The van der Waals surface area contributed by atoms with E-state index in [4.69, 9.17) is 16.3 Å². The van der Waals surface area contributed by atoms with Crippen molar-refractivity contribution >= 4 is 29.2 Å². The highest BCUT2D eigenvalue weighted by Crippen LogP contribution is 2.39. The van der Waals surface area contributed by atoms with Crippen molar-refractivity contribution in [1.82, 2.24) is 0 Å². The fraction of sp³-hybridized carbons (Fsp3) is 0.278. The van der Waals surface area contributed by atoms with Crippen LogP contribution in [-0.4, -0.2) is 37.6 Å². The Labute approximate surface area is 153 Å². The molecule has 3 rings (SSSR count). The van der Waals surface area contributed by atoms with Crippen LogP contribution in [0, 0.1) is 0 Å². The summed E-state index contributed by atoms with van der Waals surface area (Å²) >= 11 is 5.80. The van der Waals surface area contributed by atoms with Gasteiger partial charge in [-0.05, 0) is 30.3 Å². The summed E-state index contributed by atoms with van der Waals surface area (Å²) in [5.74, 6) is -0.226. The van der Waals surface area contributed by atoms with Crippen LogP contribution in [0.25, 0.3) is 0 Å². The van der Waals surface area contributed by atoms with Gasteiger partial charge < -0.3 is 14.7 Å². The van der Waals surface area contributed by atoms with Crippen molar-refractivity contribution in [2.45, 2.75) is 6.18 Å². The van der Waals surface area contributed by atoms with Crippen LogP contribution in [0.2, 0.25) is 5.02 Å². The standard InChI is InChI=1S/C18H16ClF3N2O2/c19-15-3-1-2-12(17(15)25)11-23-16-5-4-13(10-14(16)18(20,21)22)24-6-8-26-9-7-24/h1-5,10-11,25H,6-9H2. The van der Waals surface area contributed by atoms with Gasteiger partial charge in [-0.15, -0.1) is 0 Å². The topological polar surface area (TPSA) is 45.1 Å². The van der Waals surface area contributed by atoms with E-state index in [0.29, 0.717) is 32.0 Å². The Morgan fingerprint density at radius 3 is 2.58 bits per heavy atom. The molecule has 1 aliphatic rings. The quantitative estimate of drug-likeness (QED) is 0.783. The molecule has 1 saturated heterocycles. The molecule has 0 atom stereocenters. The van der Waals surface area contributed by atoms with Crippen LogP contribution in [0.4, 0.5) is 24.5 Å². The molecule has 2 aromatic carbocycles. The normalized spacial score (nSPS) is 15.6. The molecule has 26 heavy (non-hydrogen) atoms. The zero-order valence-corrected chi connectivity index (χ0v) is 14.4. The summed E-state index contributed by atoms with van der Waals surface area (Å²) in [4.78, 5) is 5.77. The number of aromatic hydroxyl groups is 1. The van der Waals surface area contributed by atoms with Gasteiger partial charge >= 0.3 is 6.18 Å². The average Bonchev–Trinajstić information content (AvgIpc) is 2.63. The lowest BCUT2D eigenvalue weighted by Gasteiger charge is -2.29. The average molecular weight is 385 g/mol. The minimum atomic E-state index is -4.55. The monoisotopic (exact) mass is 384 g/mol. The first kappa shape index (κ1) is 18.5. The molecule has 0 bridgehead atoms. The highest BCUT2D eigenvalue weighted by Gasteiger charge is 2.34. The summed E-state index contributed by atoms with van der Waals surface area (Å²) < 4.78 is 45.7. The van der Waals surface area contributed by atoms with Crippen molar-refractivity contribution < 1.29 is 23.0 Å². The molecule has 2 aromatic rings. The highest BCUT2D eigenvalue weighted by molar-refractivity contribution is 6.32. The molecule has 0 unspecified atom stereocenters. The molecule has 0 amide bonds. The van der Waals surface area contributed by atoms with Crippen molar-refractivity contribution in [3.63, 3.8) is 0 Å². The number of nitrogens with zero attached hydrogens (tertiary/aromatic N) is 2. The molecule has 1 aliphatic heterocycles. The molecule has 0 radical (unpaired) electrons. The Kier molecular flexibility index (Phi) is 5.38. The van der Waals surface area contributed by atoms with Crippen molar-refractivity contribution in [2.24, 2.45) is 4.99 Å². The number of morpholine rings is 1. The van der Waals surface area contributed by atoms with Crippen LogP contribution < -0.4 is 4.90 Å². The van der Waals surface area contributed by atoms with E-state index in [-0.39, 0.29) is 22.0 Å². The van der Waals surface area contributed by atoms with Gasteiger partial charge in [0.1, 0.15) is 5.75 Å². The Morgan fingerprint density at radius 1 is 1.15 bits per heavy atom. The first-order chi connectivity index (χ1) is 12.4. The number of phenolic OH excluding ortho intramolecular Hbond substituents is 1. The Bertz CT molecular complexity index is 819. The van der Waals surface area contributed by atoms with Crippen molar-refractivity contribution in [1.29, 1.82) is 0 Å². The van der Waals surface area contributed by atoms with Gasteiger partial charge in [0.2, 0.25) is 0 Å². The summed E-state index contributed by atoms with van der Waals surface area (Å²) in [7, 11) is 0. The predicted octanol–water partition coefficient (Wildman–Crippen LogP) is 4.65. The maximum Gasteiger partial charge on any atom is 0.418 e. The predicted molar refractivity (Wildman–Crippen MR) is 94.8 cm³/mol. The number of benzene rings is 2. The van der Waals surface area contributed by atoms with Crippen LogP contribution in [0.1, 0.15) is 11.1 Å². The van der Waals surface area contributed by atoms with Gasteiger partial charge in [0.15, 0.2) is 0 Å². The van der Waals surface area contributed by atoms with E-state index >= 15 is 0 Å². The highest BCUT2D eigenvalue weighted by atomic mass is 35.5. The third kappa shape index (κ3) is 4.11. The van der Waals surface area contributed by atoms with Crippen molar-refractivity contribution in [2.75, 3.05) is 31.2 Å². The molecule has 1 fully saturated rings. The molecule has 138 valence electrons. The van der Waals surface area contributed by atoms with Gasteiger partial charge in [0.05, 0.1) is 29.5 Å². The number of alkyl halides is 3. The van der Waals surface area contributed by atoms with Gasteiger partial charge in [0.25, 0.3) is 0 Å². The maximum absolute atomic E-state index is 13.5. The zero-order valence-electron chi connectivity index (χ0n) is 13.6. The number of ether oxygens (including phenoxy) is 1. The molecule has 4 nitrogen and oxygen atoms in total. The number of phenols is 1. The fourth-order valence-corrected chi connectivity index (χ4v) is 2.84. The lowest BCUT2D eigenvalue weighted by Crippen LogP contribution is -2.36. The molecule has 1 heterocycles. The number of hydrogen-bond acceptors (Lipinski definition) is 4. The van der Waals surface area contributed by atoms with Crippen molar-refractivity contribution in [3.8, 4) is 5.75 Å². The second kappa shape index (κ2) is 7.55. The molecule has 0 aromatic heterocycles. The SMILES string of the molecule is Oc1c(Cl)cccc1C=Nc1ccc(N2CCOCC2)cc1C(F)(F)F. The number of anilines is 1. The lowest BCUT2D eigenvalue weighted by molar-refractivity contribution is -0.137. The van der Waals surface area contributed by atoms with Gasteiger partial charge in [-0.25, -0.2) is 0 Å². The number of halogens is 4. The molecule has 1 N–H and O–H groups in total. The second-order valence-electron chi connectivity index (χ2n) is 5.73. The van der Waals surface area contributed by atoms with Gasteiger partial charge in [-0.2, -0.15) is 13.2 Å². The minimum Gasteiger partial charge on any atom is -0.506 e. The molecule has 0 saturated carbocycles. The number of para-hydroxylation sites is 1. The lowest BCUT2D eigenvalue weighted by atomic mass is 10.1. The van der Waals surface area contributed by atoms with Crippen LogP contribution in [-0.2, 0) is 10.9 Å². The molecular formula is C18H16ClF3N2O2. The maximum atomic E-state index is 13.5. The van der Waals surface area contributed by atoms with Crippen LogP contribution >= 0.6 is 11.6 Å². The molecule has 0 spiro atoms. The van der Waals surface area contributed by atoms with Crippen LogP contribution in [0.3, 0.4) is 0 Å². The Hall–Kier alpha value is -2.25. The number of hydrogen-bond donors (Lipinski definition) is 1. The van der Waals surface area contributed by atoms with Gasteiger partial charge in [-0.3, -0.25) is 4.99 Å². The molecule has 0 aliphatic carbocycles. The first-order valence-corrected chi connectivity index (χ1v) is 8.29. The second-order valence-corrected chi connectivity index (χ2v) is 6.14. The Balaban J connectivity index is 1.95. The largest absolute Gasteiger partial charge is 0.506 e. The molecule has 8 heteroatoms.